The molecule has 43 heavy (non-hydrogen) atoms. The van der Waals surface area contributed by atoms with Gasteiger partial charge in [0.25, 0.3) is 0 Å². The molecule has 12 heteroatoms. The third kappa shape index (κ3) is 41.9. The summed E-state index contributed by atoms with van der Waals surface area (Å²) in [7, 11) is 0. The van der Waals surface area contributed by atoms with Gasteiger partial charge >= 0.3 is 0 Å². The maximum Gasteiger partial charge on any atom is 0.0701 e. The molecule has 0 aliphatic rings. The lowest BCUT2D eigenvalue weighted by Crippen LogP contribution is -2.15. The maximum absolute atomic E-state index is 5.65. The Morgan fingerprint density at radius 3 is 0.698 bits per heavy atom. The van der Waals surface area contributed by atoms with Crippen LogP contribution >= 0.6 is 11.6 Å². The molecule has 0 amide bonds. The predicted molar refractivity (Wildman–Crippen MR) is 168 cm³/mol. The average molecular weight is 647 g/mol. The minimum Gasteiger partial charge on any atom is -0.379 e. The highest BCUT2D eigenvalue weighted by molar-refractivity contribution is 6.17. The van der Waals surface area contributed by atoms with E-state index in [0.717, 1.165) is 38.4 Å². The molecule has 0 aromatic rings. The number of ether oxygens (including phenoxy) is 11. The van der Waals surface area contributed by atoms with Crippen LogP contribution in [-0.4, -0.2) is 151 Å². The summed E-state index contributed by atoms with van der Waals surface area (Å²) in [4.78, 5) is 0. The monoisotopic (exact) mass is 646 g/mol. The zero-order chi connectivity index (χ0) is 31.0. The van der Waals surface area contributed by atoms with E-state index in [1.165, 1.54) is 25.7 Å². The maximum atomic E-state index is 5.65. The van der Waals surface area contributed by atoms with Crippen molar-refractivity contribution in [3.63, 3.8) is 0 Å². The quantitative estimate of drug-likeness (QED) is 0.0709. The Balaban J connectivity index is 3.02. The molecule has 0 unspecified atom stereocenters. The van der Waals surface area contributed by atoms with Crippen molar-refractivity contribution < 1.29 is 52.1 Å². The van der Waals surface area contributed by atoms with Gasteiger partial charge in [-0.1, -0.05) is 32.6 Å². The zero-order valence-corrected chi connectivity index (χ0v) is 27.8. The smallest absolute Gasteiger partial charge is 0.0701 e. The van der Waals surface area contributed by atoms with Crippen molar-refractivity contribution >= 4 is 11.6 Å². The largest absolute Gasteiger partial charge is 0.379 e. The first-order valence-corrected chi connectivity index (χ1v) is 16.9. The van der Waals surface area contributed by atoms with Crippen LogP contribution in [0.4, 0.5) is 0 Å². The molecule has 0 atom stereocenters. The van der Waals surface area contributed by atoms with Crippen molar-refractivity contribution in [3.05, 3.63) is 0 Å². The van der Waals surface area contributed by atoms with Gasteiger partial charge in [-0.2, -0.15) is 0 Å². The first kappa shape index (κ1) is 42.9. The summed E-state index contributed by atoms with van der Waals surface area (Å²) in [6.07, 6.45) is 8.06. The Bertz CT molecular complexity index is 441. The summed E-state index contributed by atoms with van der Waals surface area (Å²) in [5, 5.41) is 0. The van der Waals surface area contributed by atoms with Crippen LogP contribution in [0.1, 0.15) is 51.9 Å². The van der Waals surface area contributed by atoms with E-state index in [1.54, 1.807) is 0 Å². The second kappa shape index (κ2) is 41.9. The van der Waals surface area contributed by atoms with E-state index in [2.05, 4.69) is 6.92 Å². The highest BCUT2D eigenvalue weighted by Crippen LogP contribution is 2.01. The van der Waals surface area contributed by atoms with E-state index < -0.39 is 0 Å². The lowest BCUT2D eigenvalue weighted by Gasteiger charge is -2.09. The van der Waals surface area contributed by atoms with Crippen molar-refractivity contribution in [2.24, 2.45) is 0 Å². The summed E-state index contributed by atoms with van der Waals surface area (Å²) in [5.74, 6) is 0.746. The topological polar surface area (TPSA) is 102 Å². The third-order valence-electron chi connectivity index (χ3n) is 5.78. The normalized spacial score (nSPS) is 11.6. The van der Waals surface area contributed by atoms with E-state index in [1.807, 2.05) is 0 Å². The SMILES string of the molecule is CCCCCOCCOCCOCCOCCOCCOCCOCCOCCOCCOCCOCCCCCCCl. The number of unbranched alkanes of at least 4 members (excludes halogenated alkanes) is 5. The molecule has 0 aliphatic carbocycles. The zero-order valence-electron chi connectivity index (χ0n) is 27.1. The van der Waals surface area contributed by atoms with Gasteiger partial charge in [0.05, 0.1) is 132 Å². The van der Waals surface area contributed by atoms with Crippen LogP contribution in [-0.2, 0) is 52.1 Å². The van der Waals surface area contributed by atoms with Gasteiger partial charge in [0.2, 0.25) is 0 Å². The first-order valence-electron chi connectivity index (χ1n) is 16.3. The molecule has 11 nitrogen and oxygen atoms in total. The number of rotatable bonds is 40. The van der Waals surface area contributed by atoms with Gasteiger partial charge in [-0.15, -0.1) is 11.6 Å². The van der Waals surface area contributed by atoms with E-state index >= 15 is 0 Å². The van der Waals surface area contributed by atoms with Crippen molar-refractivity contribution in [2.75, 3.05) is 151 Å². The molecular weight excluding hydrogens is 584 g/mol. The Hall–Kier alpha value is -0.150. The fourth-order valence-corrected chi connectivity index (χ4v) is 3.60. The molecular formula is C31H63ClO11. The highest BCUT2D eigenvalue weighted by atomic mass is 35.5. The van der Waals surface area contributed by atoms with Crippen LogP contribution in [0.15, 0.2) is 0 Å². The Morgan fingerprint density at radius 1 is 0.256 bits per heavy atom. The molecule has 0 saturated carbocycles. The third-order valence-corrected chi connectivity index (χ3v) is 6.05. The van der Waals surface area contributed by atoms with Crippen molar-refractivity contribution in [2.45, 2.75) is 51.9 Å². The summed E-state index contributed by atoms with van der Waals surface area (Å²) in [6.45, 7) is 14.9. The van der Waals surface area contributed by atoms with E-state index in [-0.39, 0.29) is 0 Å². The van der Waals surface area contributed by atoms with Gasteiger partial charge in [-0.3, -0.25) is 0 Å². The van der Waals surface area contributed by atoms with Crippen molar-refractivity contribution in [1.82, 2.24) is 0 Å². The molecule has 0 heterocycles. The first-order chi connectivity index (χ1) is 21.4. The average Bonchev–Trinajstić information content (AvgIpc) is 3.02. The van der Waals surface area contributed by atoms with Gasteiger partial charge in [-0.25, -0.2) is 0 Å². The summed E-state index contributed by atoms with van der Waals surface area (Å²) >= 11 is 5.65. The second-order valence-corrected chi connectivity index (χ2v) is 9.92. The molecule has 0 saturated heterocycles. The number of alkyl halides is 1. The summed E-state index contributed by atoms with van der Waals surface area (Å²) in [6, 6.07) is 0. The number of halogens is 1. The van der Waals surface area contributed by atoms with Gasteiger partial charge in [-0.05, 0) is 19.3 Å². The summed E-state index contributed by atoms with van der Waals surface area (Å²) < 4.78 is 60.3. The molecule has 0 rings (SSSR count). The molecule has 0 spiro atoms. The van der Waals surface area contributed by atoms with Gasteiger partial charge in [0.15, 0.2) is 0 Å². The van der Waals surface area contributed by atoms with Crippen LogP contribution in [0.2, 0.25) is 0 Å². The van der Waals surface area contributed by atoms with E-state index in [0.29, 0.717) is 132 Å². The Kier molecular flexibility index (Phi) is 41.7. The Morgan fingerprint density at radius 2 is 0.465 bits per heavy atom. The van der Waals surface area contributed by atoms with Gasteiger partial charge in [0.1, 0.15) is 0 Å². The van der Waals surface area contributed by atoms with Crippen LogP contribution in [0.3, 0.4) is 0 Å². The number of hydrogen-bond donors (Lipinski definition) is 0. The Labute approximate surface area is 266 Å². The minimum absolute atomic E-state index is 0.523. The molecule has 0 aromatic heterocycles. The standard InChI is InChI=1S/C31H63ClO11/c1-2-3-7-10-33-12-14-35-16-18-37-20-22-39-24-26-41-28-30-43-31-29-42-27-25-40-23-21-38-19-17-36-15-13-34-11-8-5-4-6-9-32/h2-31H2,1H3. The molecule has 260 valence electrons. The fourth-order valence-electron chi connectivity index (χ4n) is 3.41. The number of hydrogen-bond acceptors (Lipinski definition) is 11. The molecule has 0 aliphatic heterocycles. The highest BCUT2D eigenvalue weighted by Gasteiger charge is 1.97. The van der Waals surface area contributed by atoms with Crippen LogP contribution in [0.5, 0.6) is 0 Å². The summed E-state index contributed by atoms with van der Waals surface area (Å²) in [5.41, 5.74) is 0. The lowest BCUT2D eigenvalue weighted by atomic mass is 10.2. The van der Waals surface area contributed by atoms with E-state index in [9.17, 15) is 0 Å². The minimum atomic E-state index is 0.523. The lowest BCUT2D eigenvalue weighted by molar-refractivity contribution is -0.0275. The second-order valence-electron chi connectivity index (χ2n) is 9.55. The van der Waals surface area contributed by atoms with Crippen LogP contribution in [0, 0.1) is 0 Å². The van der Waals surface area contributed by atoms with Crippen molar-refractivity contribution in [3.8, 4) is 0 Å². The fraction of sp³-hybridized carbons (Fsp3) is 1.00. The molecule has 0 N–H and O–H groups in total. The molecule has 0 bridgehead atoms. The predicted octanol–water partition coefficient (Wildman–Crippen LogP) is 4.16. The van der Waals surface area contributed by atoms with Gasteiger partial charge < -0.3 is 52.1 Å². The van der Waals surface area contributed by atoms with Crippen LogP contribution < -0.4 is 0 Å². The van der Waals surface area contributed by atoms with Crippen LogP contribution in [0.25, 0.3) is 0 Å². The molecule has 0 fully saturated rings. The molecule has 0 aromatic carbocycles. The van der Waals surface area contributed by atoms with Gasteiger partial charge in [0, 0.05) is 19.1 Å². The van der Waals surface area contributed by atoms with Crippen molar-refractivity contribution in [1.29, 1.82) is 0 Å². The molecule has 0 radical (unpaired) electrons. The van der Waals surface area contributed by atoms with E-state index in [4.69, 9.17) is 63.7 Å².